The van der Waals surface area contributed by atoms with Crippen LogP contribution in [0.15, 0.2) is 82.0 Å². The normalized spacial score (nSPS) is 15.6. The summed E-state index contributed by atoms with van der Waals surface area (Å²) in [6.07, 6.45) is 8.12. The van der Waals surface area contributed by atoms with Gasteiger partial charge < -0.3 is 23.4 Å². The minimum atomic E-state index is -0.984. The van der Waals surface area contributed by atoms with Crippen LogP contribution in [0.5, 0.6) is 17.2 Å². The zero-order valence-corrected chi connectivity index (χ0v) is 21.6. The SMILES string of the molecule is C#CC(C)(C)Oc1cc(OC2CCCCO2)cc2oc(-c3ccccc3)c(OCc3ccccc3)c(=O)c12. The molecule has 0 radical (unpaired) electrons. The average Bonchev–Trinajstić information content (AvgIpc) is 2.93. The van der Waals surface area contributed by atoms with E-state index in [1.807, 2.05) is 60.7 Å². The molecule has 2 heterocycles. The second-order valence-electron chi connectivity index (χ2n) is 9.69. The molecule has 1 atom stereocenters. The van der Waals surface area contributed by atoms with Gasteiger partial charge in [0.1, 0.15) is 29.1 Å². The predicted molar refractivity (Wildman–Crippen MR) is 146 cm³/mol. The molecule has 38 heavy (non-hydrogen) atoms. The van der Waals surface area contributed by atoms with Gasteiger partial charge in [-0.05, 0) is 32.3 Å². The summed E-state index contributed by atoms with van der Waals surface area (Å²) in [6.45, 7) is 4.34. The third-order valence-electron chi connectivity index (χ3n) is 6.27. The molecular formula is C32H30O6. The van der Waals surface area contributed by atoms with E-state index in [4.69, 9.17) is 29.8 Å². The second-order valence-corrected chi connectivity index (χ2v) is 9.69. The van der Waals surface area contributed by atoms with Crippen LogP contribution in [0.2, 0.25) is 0 Å². The molecule has 0 aliphatic carbocycles. The van der Waals surface area contributed by atoms with E-state index in [1.54, 1.807) is 26.0 Å². The fourth-order valence-corrected chi connectivity index (χ4v) is 4.29. The largest absolute Gasteiger partial charge is 0.481 e. The van der Waals surface area contributed by atoms with Crippen LogP contribution in [-0.4, -0.2) is 18.5 Å². The molecular weight excluding hydrogens is 480 g/mol. The number of ether oxygens (including phenoxy) is 4. The Labute approximate surface area is 222 Å². The van der Waals surface area contributed by atoms with Gasteiger partial charge in [0.15, 0.2) is 17.7 Å². The highest BCUT2D eigenvalue weighted by Gasteiger charge is 2.26. The number of fused-ring (bicyclic) bond motifs is 1. The fraction of sp³-hybridized carbons (Fsp3) is 0.281. The third-order valence-corrected chi connectivity index (χ3v) is 6.27. The summed E-state index contributed by atoms with van der Waals surface area (Å²) < 4.78 is 30.6. The van der Waals surface area contributed by atoms with E-state index in [1.165, 1.54) is 0 Å². The standard InChI is InChI=1S/C32H30O6/c1-4-32(2,3)38-26-20-24(36-27-17-11-12-18-34-27)19-25-28(26)29(33)31(35-21-22-13-7-5-8-14-22)30(37-25)23-15-9-6-10-16-23/h1,5-10,13-16,19-20,27H,11-12,17-18,21H2,2-3H3. The Morgan fingerprint density at radius 3 is 2.45 bits per heavy atom. The lowest BCUT2D eigenvalue weighted by molar-refractivity contribution is -0.105. The van der Waals surface area contributed by atoms with Crippen LogP contribution >= 0.6 is 0 Å². The van der Waals surface area contributed by atoms with E-state index in [2.05, 4.69) is 5.92 Å². The van der Waals surface area contributed by atoms with Crippen LogP contribution in [0.4, 0.5) is 0 Å². The van der Waals surface area contributed by atoms with Crippen molar-refractivity contribution in [2.45, 2.75) is 51.6 Å². The molecule has 4 aromatic rings. The predicted octanol–water partition coefficient (Wildman–Crippen LogP) is 6.74. The lowest BCUT2D eigenvalue weighted by Crippen LogP contribution is -2.27. The summed E-state index contributed by atoms with van der Waals surface area (Å²) in [5.41, 5.74) is 0.596. The van der Waals surface area contributed by atoms with Crippen LogP contribution in [0.25, 0.3) is 22.3 Å². The highest BCUT2D eigenvalue weighted by molar-refractivity contribution is 5.88. The van der Waals surface area contributed by atoms with Crippen molar-refractivity contribution in [3.05, 3.63) is 88.6 Å². The molecule has 0 saturated carbocycles. The minimum absolute atomic E-state index is 0.0974. The molecule has 0 amide bonds. The molecule has 1 saturated heterocycles. The quantitative estimate of drug-likeness (QED) is 0.245. The van der Waals surface area contributed by atoms with Crippen LogP contribution in [-0.2, 0) is 11.3 Å². The first kappa shape index (κ1) is 25.4. The molecule has 0 spiro atoms. The Bertz CT molecular complexity index is 1490. The molecule has 6 nitrogen and oxygen atoms in total. The number of rotatable bonds is 8. The maximum Gasteiger partial charge on any atom is 0.239 e. The maximum atomic E-state index is 14.1. The molecule has 6 heteroatoms. The summed E-state index contributed by atoms with van der Waals surface area (Å²) >= 11 is 0. The smallest absolute Gasteiger partial charge is 0.239 e. The average molecular weight is 511 g/mol. The molecule has 1 aliphatic rings. The molecule has 0 bridgehead atoms. The van der Waals surface area contributed by atoms with Gasteiger partial charge in [0.25, 0.3) is 0 Å². The molecule has 194 valence electrons. The van der Waals surface area contributed by atoms with Crippen molar-refractivity contribution in [3.8, 4) is 40.9 Å². The highest BCUT2D eigenvalue weighted by Crippen LogP contribution is 2.38. The number of benzene rings is 3. The van der Waals surface area contributed by atoms with E-state index < -0.39 is 5.60 Å². The Morgan fingerprint density at radius 1 is 1.03 bits per heavy atom. The summed E-state index contributed by atoms with van der Waals surface area (Å²) in [5, 5.41) is 0.230. The van der Waals surface area contributed by atoms with Gasteiger partial charge in [-0.25, -0.2) is 0 Å². The topological polar surface area (TPSA) is 67.1 Å². The second kappa shape index (κ2) is 11.0. The van der Waals surface area contributed by atoms with Crippen molar-refractivity contribution < 1.29 is 23.4 Å². The van der Waals surface area contributed by atoms with Crippen LogP contribution in [0.3, 0.4) is 0 Å². The maximum absolute atomic E-state index is 14.1. The van der Waals surface area contributed by atoms with Crippen molar-refractivity contribution in [1.82, 2.24) is 0 Å². The van der Waals surface area contributed by atoms with Gasteiger partial charge in [-0.1, -0.05) is 66.6 Å². The first-order valence-electron chi connectivity index (χ1n) is 12.8. The van der Waals surface area contributed by atoms with Crippen molar-refractivity contribution >= 4 is 11.0 Å². The lowest BCUT2D eigenvalue weighted by Gasteiger charge is -2.25. The Hall–Kier alpha value is -4.21. The van der Waals surface area contributed by atoms with Crippen LogP contribution < -0.4 is 19.6 Å². The first-order chi connectivity index (χ1) is 18.4. The fourth-order valence-electron chi connectivity index (χ4n) is 4.29. The van der Waals surface area contributed by atoms with Gasteiger partial charge in [0.2, 0.25) is 11.2 Å². The zero-order valence-electron chi connectivity index (χ0n) is 21.6. The zero-order chi connectivity index (χ0) is 26.5. The molecule has 5 rings (SSSR count). The van der Waals surface area contributed by atoms with Gasteiger partial charge >= 0.3 is 0 Å². The van der Waals surface area contributed by atoms with E-state index in [0.717, 1.165) is 24.8 Å². The van der Waals surface area contributed by atoms with Crippen molar-refractivity contribution in [1.29, 1.82) is 0 Å². The van der Waals surface area contributed by atoms with E-state index >= 15 is 0 Å². The number of hydrogen-bond acceptors (Lipinski definition) is 6. The summed E-state index contributed by atoms with van der Waals surface area (Å²) in [4.78, 5) is 14.1. The van der Waals surface area contributed by atoms with E-state index in [0.29, 0.717) is 29.3 Å². The Balaban J connectivity index is 1.67. The van der Waals surface area contributed by atoms with E-state index in [9.17, 15) is 4.79 Å². The summed E-state index contributed by atoms with van der Waals surface area (Å²) in [5.74, 6) is 3.77. The summed E-state index contributed by atoms with van der Waals surface area (Å²) in [7, 11) is 0. The van der Waals surface area contributed by atoms with Crippen molar-refractivity contribution in [2.75, 3.05) is 6.61 Å². The Kier molecular flexibility index (Phi) is 7.39. The lowest BCUT2D eigenvalue weighted by atomic mass is 10.1. The van der Waals surface area contributed by atoms with Crippen LogP contribution in [0.1, 0.15) is 38.7 Å². The van der Waals surface area contributed by atoms with Crippen molar-refractivity contribution in [2.24, 2.45) is 0 Å². The number of hydrogen-bond donors (Lipinski definition) is 0. The van der Waals surface area contributed by atoms with Crippen molar-refractivity contribution in [3.63, 3.8) is 0 Å². The van der Waals surface area contributed by atoms with E-state index in [-0.39, 0.29) is 35.2 Å². The monoisotopic (exact) mass is 510 g/mol. The number of terminal acetylenes is 1. The molecule has 0 N–H and O–H groups in total. The van der Waals surface area contributed by atoms with Gasteiger partial charge in [-0.3, -0.25) is 4.79 Å². The van der Waals surface area contributed by atoms with Gasteiger partial charge in [-0.15, -0.1) is 6.42 Å². The van der Waals surface area contributed by atoms with Gasteiger partial charge in [-0.2, -0.15) is 0 Å². The highest BCUT2D eigenvalue weighted by atomic mass is 16.7. The third kappa shape index (κ3) is 5.69. The first-order valence-corrected chi connectivity index (χ1v) is 12.8. The molecule has 1 aliphatic heterocycles. The molecule has 1 fully saturated rings. The van der Waals surface area contributed by atoms with Gasteiger partial charge in [0.05, 0.1) is 6.61 Å². The summed E-state index contributed by atoms with van der Waals surface area (Å²) in [6, 6.07) is 22.4. The Morgan fingerprint density at radius 2 is 1.76 bits per heavy atom. The van der Waals surface area contributed by atoms with Gasteiger partial charge in [0, 0.05) is 24.1 Å². The molecule has 1 aromatic heterocycles. The molecule has 1 unspecified atom stereocenters. The molecule has 3 aromatic carbocycles. The van der Waals surface area contributed by atoms with Crippen LogP contribution in [0, 0.1) is 12.3 Å². The minimum Gasteiger partial charge on any atom is -0.481 e.